The van der Waals surface area contributed by atoms with Crippen LogP contribution in [0, 0.1) is 65.1 Å². The summed E-state index contributed by atoms with van der Waals surface area (Å²) in [6.45, 7) is 27.9. The molecule has 9 fully saturated rings. The summed E-state index contributed by atoms with van der Waals surface area (Å²) in [6, 6.07) is 0. The zero-order valence-corrected chi connectivity index (χ0v) is 63.9. The SMILES string of the molecule is CC1O[C@@H](O[C@@H]2CO[C@@H](OCCN=[N+]=[N-])C(O)[C@H]2O)C(C)[C@@H](O[C@H]2OC[C@@H](O)[C@H](O)C2C)[C@@H]1C.CC1[C@@H](O[C@@H]2C(C)[C@H](O[C@@H]3CO[C@@H](OCCN=[N+]=[N-])C(C)[C@H]3C)OC(C)[C@H]2C)OC[C@@H](C)[C@@H]1C.CC1[C@H](O[C@@H]2CO[C@@H](OCCN=[N+]=[N-])C(O)[C@H]2O)OC[C@@H](O)[C@@H]1O[C@H]1OC[C@@H](O)[C@H](O)C1O.O=C=O.O=C=O.O=C=O. The number of rotatable bonds is 24. The van der Waals surface area contributed by atoms with Crippen LogP contribution in [-0.4, -0.2) is 322 Å². The molecular formula is C67H113N9O34. The first kappa shape index (κ1) is 97.3. The Morgan fingerprint density at radius 1 is 0.309 bits per heavy atom. The Kier molecular flexibility index (Phi) is 43.9. The van der Waals surface area contributed by atoms with Crippen molar-refractivity contribution in [3.63, 3.8) is 0 Å². The van der Waals surface area contributed by atoms with Crippen molar-refractivity contribution < 1.29 is 165 Å². The van der Waals surface area contributed by atoms with Crippen LogP contribution in [0.25, 0.3) is 31.3 Å². The van der Waals surface area contributed by atoms with Crippen molar-refractivity contribution in [2.75, 3.05) is 85.7 Å². The monoisotopic (exact) mass is 1590 g/mol. The van der Waals surface area contributed by atoms with E-state index in [4.69, 9.17) is 131 Å². The molecule has 0 spiro atoms. The van der Waals surface area contributed by atoms with E-state index in [2.05, 4.69) is 85.5 Å². The van der Waals surface area contributed by atoms with Crippen LogP contribution in [0.2, 0.25) is 0 Å². The second-order valence-electron chi connectivity index (χ2n) is 28.6. The lowest BCUT2D eigenvalue weighted by Gasteiger charge is -2.48. The summed E-state index contributed by atoms with van der Waals surface area (Å²) in [4.78, 5) is 56.7. The summed E-state index contributed by atoms with van der Waals surface area (Å²) in [6.07, 6.45) is -22.4. The third-order valence-corrected chi connectivity index (χ3v) is 21.3. The molecule has 0 amide bonds. The zero-order valence-electron chi connectivity index (χ0n) is 63.9. The summed E-state index contributed by atoms with van der Waals surface area (Å²) in [5.41, 5.74) is 25.0. The van der Waals surface area contributed by atoms with E-state index in [1.54, 1.807) is 13.8 Å². The van der Waals surface area contributed by atoms with E-state index < -0.39 is 129 Å². The largest absolute Gasteiger partial charge is 0.390 e. The minimum Gasteiger partial charge on any atom is -0.390 e. The maximum atomic E-state index is 10.6. The van der Waals surface area contributed by atoms with E-state index in [0.717, 1.165) is 6.61 Å². The number of aliphatic hydroxyl groups is 10. The highest BCUT2D eigenvalue weighted by atomic mass is 16.8. The molecule has 0 saturated carbocycles. The highest BCUT2D eigenvalue weighted by molar-refractivity contribution is 5.20. The molecule has 0 aromatic rings. The van der Waals surface area contributed by atoms with Crippen LogP contribution in [0.4, 0.5) is 0 Å². The average molecular weight is 1590 g/mol. The number of azide groups is 3. The van der Waals surface area contributed by atoms with Crippen molar-refractivity contribution in [3.8, 4) is 0 Å². The van der Waals surface area contributed by atoms with E-state index in [0.29, 0.717) is 37.5 Å². The second kappa shape index (κ2) is 49.7. The lowest BCUT2D eigenvalue weighted by atomic mass is 9.82. The summed E-state index contributed by atoms with van der Waals surface area (Å²) >= 11 is 0. The molecule has 10 N–H and O–H groups in total. The number of carbonyl (C=O) groups excluding carboxylic acids is 6. The zero-order chi connectivity index (χ0) is 82.2. The highest BCUT2D eigenvalue weighted by Gasteiger charge is 2.52. The van der Waals surface area contributed by atoms with Gasteiger partial charge in [0.1, 0.15) is 67.1 Å². The van der Waals surface area contributed by atoms with Gasteiger partial charge in [-0.2, -0.15) is 28.8 Å². The molecule has 9 heterocycles. The molecule has 9 aliphatic heterocycles. The smallest absolute Gasteiger partial charge is 0.373 e. The summed E-state index contributed by atoms with van der Waals surface area (Å²) < 4.78 is 105. The van der Waals surface area contributed by atoms with E-state index in [1.807, 2.05) is 20.8 Å². The van der Waals surface area contributed by atoms with Gasteiger partial charge in [-0.3, -0.25) is 0 Å². The maximum Gasteiger partial charge on any atom is 0.373 e. The Labute approximate surface area is 635 Å². The molecule has 0 bridgehead atoms. The number of ether oxygens (including phenoxy) is 18. The van der Waals surface area contributed by atoms with Gasteiger partial charge in [0, 0.05) is 81.7 Å². The predicted octanol–water partition coefficient (Wildman–Crippen LogP) is 0.0904. The van der Waals surface area contributed by atoms with Crippen molar-refractivity contribution >= 4 is 18.5 Å². The molecule has 9 rings (SSSR count). The van der Waals surface area contributed by atoms with Gasteiger partial charge in [0.2, 0.25) is 0 Å². The second-order valence-corrected chi connectivity index (χ2v) is 28.6. The molecule has 11 unspecified atom stereocenters. The molecule has 0 aromatic heterocycles. The molecule has 43 nitrogen and oxygen atoms in total. The first-order valence-corrected chi connectivity index (χ1v) is 36.5. The van der Waals surface area contributed by atoms with Crippen LogP contribution in [0.5, 0.6) is 0 Å². The van der Waals surface area contributed by atoms with Crippen LogP contribution in [0.1, 0.15) is 90.0 Å². The molecular weight excluding hydrogens is 1470 g/mol. The normalized spacial score (nSPS) is 43.7. The Bertz CT molecular complexity index is 2760. The molecule has 43 heteroatoms. The predicted molar refractivity (Wildman–Crippen MR) is 362 cm³/mol. The van der Waals surface area contributed by atoms with E-state index in [-0.39, 0.29) is 163 Å². The van der Waals surface area contributed by atoms with Crippen LogP contribution in [0.15, 0.2) is 15.3 Å². The molecule has 38 atom stereocenters. The van der Waals surface area contributed by atoms with Gasteiger partial charge in [0.25, 0.3) is 0 Å². The fraction of sp³-hybridized carbons (Fsp3) is 0.955. The number of hydrogen-bond acceptors (Lipinski definition) is 37. The molecule has 630 valence electrons. The molecule has 0 aliphatic carbocycles. The first-order valence-electron chi connectivity index (χ1n) is 36.5. The van der Waals surface area contributed by atoms with E-state index in [9.17, 15) is 51.1 Å². The van der Waals surface area contributed by atoms with Crippen molar-refractivity contribution in [3.05, 3.63) is 31.3 Å². The van der Waals surface area contributed by atoms with Gasteiger partial charge in [-0.05, 0) is 48.2 Å². The van der Waals surface area contributed by atoms with Gasteiger partial charge < -0.3 is 136 Å². The lowest BCUT2D eigenvalue weighted by Crippen LogP contribution is -2.60. The van der Waals surface area contributed by atoms with Crippen LogP contribution in [0.3, 0.4) is 0 Å². The maximum absolute atomic E-state index is 10.6. The van der Waals surface area contributed by atoms with Crippen molar-refractivity contribution in [1.82, 2.24) is 0 Å². The minimum atomic E-state index is -1.53. The standard InChI is InChI=1S/C25H45N3O6.C21H37N3O10.C18H31N3O12.3CO2/c1-13-11-30-24(16(4)14(13)2)34-22-18(6)20(8)32-25(19(22)7)33-21-12-31-23(17(5)15(21)3)29-10-9-27-28-26;1-9-12(4)32-20(11(3)18(9)34-19-10(2)15(26)13(25)7-30-19)33-14-8-31-21(17(28)16(14)27)29-6-5-23-24-22;1-7-15(33-18-13(26)11(24)8(22)4-30-18)9(23)5-29-16(7)32-10-6-31-17(14(27)12(10)25)28-3-2-20-21-19;3*2-1-3/h13-25H,9-12H2,1-8H3;9-21,25-28H,5-8H2,1-4H3;7-18,22-27H,2-6H2,1H3;;;/t13-,14+,15-,16?,17?,18-,19?,20?,21-,22+,23-,24-,25+;9-,10?,11?,12?,13-,14-,15-,16+,17?,18+,19-,20+,21-;7?,8-,9-,10-,11+,12+,13?,14?,15-,16+,17-,18-;;;/m111.../s1. The van der Waals surface area contributed by atoms with Crippen molar-refractivity contribution in [2.24, 2.45) is 80.4 Å². The fourth-order valence-corrected chi connectivity index (χ4v) is 13.6. The summed E-state index contributed by atoms with van der Waals surface area (Å²) in [5, 5.41) is 112. The summed E-state index contributed by atoms with van der Waals surface area (Å²) in [7, 11) is 0. The molecule has 0 aromatic carbocycles. The average Bonchev–Trinajstić information content (AvgIpc) is 0.796. The topological polar surface area (TPSA) is 617 Å². The molecule has 9 saturated heterocycles. The quantitative estimate of drug-likeness (QED) is 0.0265. The lowest BCUT2D eigenvalue weighted by molar-refractivity contribution is -0.343. The van der Waals surface area contributed by atoms with E-state index >= 15 is 0 Å². The molecule has 9 aliphatic rings. The number of hydrogen-bond donors (Lipinski definition) is 10. The Balaban J connectivity index is 0.000000330. The van der Waals surface area contributed by atoms with Crippen molar-refractivity contribution in [1.29, 1.82) is 0 Å². The minimum absolute atomic E-state index is 0.00940. The van der Waals surface area contributed by atoms with Gasteiger partial charge in [-0.15, -0.1) is 0 Å². The molecule has 110 heavy (non-hydrogen) atoms. The van der Waals surface area contributed by atoms with Gasteiger partial charge in [-0.1, -0.05) is 91.5 Å². The van der Waals surface area contributed by atoms with Gasteiger partial charge >= 0.3 is 18.5 Å². The van der Waals surface area contributed by atoms with Crippen LogP contribution >= 0.6 is 0 Å². The van der Waals surface area contributed by atoms with Gasteiger partial charge in [-0.25, -0.2) is 0 Å². The van der Waals surface area contributed by atoms with Crippen molar-refractivity contribution in [2.45, 2.75) is 256 Å². The third-order valence-electron chi connectivity index (χ3n) is 21.3. The fourth-order valence-electron chi connectivity index (χ4n) is 13.6. The van der Waals surface area contributed by atoms with Gasteiger partial charge in [0.15, 0.2) is 56.6 Å². The first-order chi connectivity index (χ1) is 52.3. The number of nitrogens with zero attached hydrogens (tertiary/aromatic N) is 9. The van der Waals surface area contributed by atoms with E-state index in [1.165, 1.54) is 0 Å². The Hall–Kier alpha value is -5.05. The summed E-state index contributed by atoms with van der Waals surface area (Å²) in [5.74, 6) is 0.687. The highest BCUT2D eigenvalue weighted by Crippen LogP contribution is 2.42. The van der Waals surface area contributed by atoms with Crippen LogP contribution < -0.4 is 0 Å². The Morgan fingerprint density at radius 3 is 1.08 bits per heavy atom. The van der Waals surface area contributed by atoms with Crippen LogP contribution in [-0.2, 0) is 114 Å². The Morgan fingerprint density at radius 2 is 0.627 bits per heavy atom. The number of aliphatic hydroxyl groups excluding tert-OH is 10. The third kappa shape index (κ3) is 27.9. The van der Waals surface area contributed by atoms with Gasteiger partial charge in [0.05, 0.1) is 109 Å². The molecule has 0 radical (unpaired) electrons.